The summed E-state index contributed by atoms with van der Waals surface area (Å²) in [7, 11) is 1.71. The van der Waals surface area contributed by atoms with Gasteiger partial charge in [0.1, 0.15) is 30.5 Å². The first kappa shape index (κ1) is 39.2. The fraction of sp³-hybridized carbons (Fsp3) is 0.969. The van der Waals surface area contributed by atoms with Crippen LogP contribution in [0.3, 0.4) is 0 Å². The Bertz CT molecular complexity index is 579. The number of esters is 1. The topological polar surface area (TPSA) is 131 Å². The van der Waals surface area contributed by atoms with Crippen LogP contribution >= 0.6 is 0 Å². The predicted molar refractivity (Wildman–Crippen MR) is 162 cm³/mol. The number of rotatable bonds is 28. The molecular weight excluding hydrogens is 510 g/mol. The zero-order valence-electron chi connectivity index (χ0n) is 26.3. The number of carbonyl (C=O) groups is 1. The molecule has 0 rings (SSSR count). The SMILES string of the molecule is CCCCCCCCCCCCCCOC(=O)C([C@H](O)[C@@H](O)[C@H](O)[C@H](O)CO)N(C)C(C)CCCCCCCC. The summed E-state index contributed by atoms with van der Waals surface area (Å²) in [5.74, 6) is -0.655. The van der Waals surface area contributed by atoms with Crippen molar-refractivity contribution in [3.05, 3.63) is 0 Å². The number of nitrogens with zero attached hydrogens (tertiary/aromatic N) is 1. The van der Waals surface area contributed by atoms with Crippen LogP contribution in [-0.4, -0.2) is 93.2 Å². The van der Waals surface area contributed by atoms with Gasteiger partial charge in [-0.25, -0.2) is 0 Å². The van der Waals surface area contributed by atoms with Gasteiger partial charge >= 0.3 is 5.97 Å². The minimum atomic E-state index is -1.82. The van der Waals surface area contributed by atoms with Crippen LogP contribution in [0.1, 0.15) is 143 Å². The smallest absolute Gasteiger partial charge is 0.326 e. The van der Waals surface area contributed by atoms with E-state index in [1.165, 1.54) is 83.5 Å². The van der Waals surface area contributed by atoms with Gasteiger partial charge < -0.3 is 30.3 Å². The highest BCUT2D eigenvalue weighted by molar-refractivity contribution is 5.76. The largest absolute Gasteiger partial charge is 0.464 e. The Hall–Kier alpha value is -0.770. The molecule has 8 nitrogen and oxygen atoms in total. The molecule has 0 bridgehead atoms. The van der Waals surface area contributed by atoms with Gasteiger partial charge in [-0.1, -0.05) is 123 Å². The zero-order chi connectivity index (χ0) is 30.2. The van der Waals surface area contributed by atoms with E-state index in [-0.39, 0.29) is 12.6 Å². The average Bonchev–Trinajstić information content (AvgIpc) is 2.95. The van der Waals surface area contributed by atoms with Crippen molar-refractivity contribution in [1.82, 2.24) is 4.90 Å². The van der Waals surface area contributed by atoms with E-state index in [4.69, 9.17) is 9.84 Å². The number of hydrogen-bond donors (Lipinski definition) is 5. The van der Waals surface area contributed by atoms with Crippen LogP contribution in [0.2, 0.25) is 0 Å². The summed E-state index contributed by atoms with van der Waals surface area (Å²) in [4.78, 5) is 14.8. The van der Waals surface area contributed by atoms with E-state index >= 15 is 0 Å². The molecule has 0 saturated heterocycles. The summed E-state index contributed by atoms with van der Waals surface area (Å²) >= 11 is 0. The van der Waals surface area contributed by atoms with Gasteiger partial charge in [0.2, 0.25) is 0 Å². The lowest BCUT2D eigenvalue weighted by Crippen LogP contribution is -2.58. The van der Waals surface area contributed by atoms with Crippen molar-refractivity contribution in [2.45, 2.75) is 179 Å². The van der Waals surface area contributed by atoms with Gasteiger partial charge in [-0.15, -0.1) is 0 Å². The minimum Gasteiger partial charge on any atom is -0.464 e. The molecule has 0 aliphatic rings. The summed E-state index contributed by atoms with van der Waals surface area (Å²) in [6.07, 6.45) is 15.2. The molecule has 0 aromatic heterocycles. The number of aliphatic hydroxyl groups excluding tert-OH is 5. The van der Waals surface area contributed by atoms with E-state index in [1.54, 1.807) is 11.9 Å². The Morgan fingerprint density at radius 1 is 0.650 bits per heavy atom. The highest BCUT2D eigenvalue weighted by Gasteiger charge is 2.42. The third-order valence-corrected chi connectivity index (χ3v) is 8.20. The van der Waals surface area contributed by atoms with Gasteiger partial charge in [-0.2, -0.15) is 0 Å². The van der Waals surface area contributed by atoms with Crippen LogP contribution in [0.5, 0.6) is 0 Å². The molecule has 240 valence electrons. The third-order valence-electron chi connectivity index (χ3n) is 8.20. The number of hydrogen-bond acceptors (Lipinski definition) is 8. The Balaban J connectivity index is 4.70. The Labute approximate surface area is 245 Å². The van der Waals surface area contributed by atoms with Crippen LogP contribution < -0.4 is 0 Å². The first-order chi connectivity index (χ1) is 19.2. The van der Waals surface area contributed by atoms with Crippen molar-refractivity contribution in [2.24, 2.45) is 0 Å². The number of unbranched alkanes of at least 4 members (excludes halogenated alkanes) is 16. The molecule has 40 heavy (non-hydrogen) atoms. The van der Waals surface area contributed by atoms with E-state index in [9.17, 15) is 25.2 Å². The highest BCUT2D eigenvalue weighted by Crippen LogP contribution is 2.20. The van der Waals surface area contributed by atoms with Crippen LogP contribution in [0.4, 0.5) is 0 Å². The van der Waals surface area contributed by atoms with Gasteiger partial charge in [0, 0.05) is 6.04 Å². The number of ether oxygens (including phenoxy) is 1. The first-order valence-electron chi connectivity index (χ1n) is 16.4. The molecule has 8 heteroatoms. The second-order valence-electron chi connectivity index (χ2n) is 11.8. The van der Waals surface area contributed by atoms with Gasteiger partial charge in [-0.3, -0.25) is 9.69 Å². The Morgan fingerprint density at radius 2 is 1.07 bits per heavy atom. The molecule has 0 aliphatic heterocycles. The standard InChI is InChI=1S/C32H65NO7/c1-5-7-9-11-13-14-15-16-17-18-20-22-24-40-32(39)28(30(37)31(38)29(36)27(35)25-34)33(4)26(3)23-21-19-12-10-8-6-2/h26-31,34-38H,5-25H2,1-4H3/t26?,27-,28?,29-,30+,31+/m1/s1. The maximum Gasteiger partial charge on any atom is 0.326 e. The minimum absolute atomic E-state index is 0.0721. The molecular formula is C32H65NO7. The van der Waals surface area contributed by atoms with Crippen molar-refractivity contribution in [1.29, 1.82) is 0 Å². The Kier molecular flexibility index (Phi) is 25.4. The van der Waals surface area contributed by atoms with Crippen LogP contribution in [0.15, 0.2) is 0 Å². The number of aliphatic hydroxyl groups is 5. The zero-order valence-corrected chi connectivity index (χ0v) is 26.3. The van der Waals surface area contributed by atoms with Crippen molar-refractivity contribution in [2.75, 3.05) is 20.3 Å². The molecule has 0 aromatic rings. The second-order valence-corrected chi connectivity index (χ2v) is 11.8. The molecule has 0 fully saturated rings. The van der Waals surface area contributed by atoms with Crippen LogP contribution in [-0.2, 0) is 9.53 Å². The third kappa shape index (κ3) is 17.9. The van der Waals surface area contributed by atoms with Gasteiger partial charge in [0.25, 0.3) is 0 Å². The molecule has 6 atom stereocenters. The van der Waals surface area contributed by atoms with E-state index in [0.29, 0.717) is 0 Å². The lowest BCUT2D eigenvalue weighted by molar-refractivity contribution is -0.168. The van der Waals surface area contributed by atoms with Crippen molar-refractivity contribution >= 4 is 5.97 Å². The molecule has 2 unspecified atom stereocenters. The van der Waals surface area contributed by atoms with Crippen molar-refractivity contribution < 1.29 is 35.1 Å². The maximum atomic E-state index is 13.1. The molecule has 0 heterocycles. The molecule has 0 amide bonds. The molecule has 0 spiro atoms. The number of carbonyl (C=O) groups excluding carboxylic acids is 1. The van der Waals surface area contributed by atoms with E-state index < -0.39 is 43.0 Å². The van der Waals surface area contributed by atoms with E-state index in [1.807, 2.05) is 6.92 Å². The number of likely N-dealkylation sites (N-methyl/N-ethyl adjacent to an activating group) is 1. The van der Waals surface area contributed by atoms with E-state index in [2.05, 4.69) is 13.8 Å². The second kappa shape index (κ2) is 25.9. The monoisotopic (exact) mass is 575 g/mol. The van der Waals surface area contributed by atoms with Crippen molar-refractivity contribution in [3.8, 4) is 0 Å². The summed E-state index contributed by atoms with van der Waals surface area (Å²) in [5, 5.41) is 50.5. The lowest BCUT2D eigenvalue weighted by atomic mass is 9.95. The molecule has 0 radical (unpaired) electrons. The normalized spacial score (nSPS) is 16.4. The molecule has 0 saturated carbocycles. The quantitative estimate of drug-likeness (QED) is 0.0643. The molecule has 0 aromatic carbocycles. The van der Waals surface area contributed by atoms with E-state index in [0.717, 1.165) is 38.5 Å². The molecule has 5 N–H and O–H groups in total. The summed E-state index contributed by atoms with van der Waals surface area (Å²) in [6, 6.07) is -1.28. The fourth-order valence-electron chi connectivity index (χ4n) is 5.17. The Morgan fingerprint density at radius 3 is 1.52 bits per heavy atom. The summed E-state index contributed by atoms with van der Waals surface area (Å²) in [6.45, 7) is 5.85. The van der Waals surface area contributed by atoms with Crippen molar-refractivity contribution in [3.63, 3.8) is 0 Å². The maximum absolute atomic E-state index is 13.1. The summed E-state index contributed by atoms with van der Waals surface area (Å²) in [5.41, 5.74) is 0. The highest BCUT2D eigenvalue weighted by atomic mass is 16.5. The lowest BCUT2D eigenvalue weighted by Gasteiger charge is -2.37. The predicted octanol–water partition coefficient (Wildman–Crippen LogP) is 5.11. The summed E-state index contributed by atoms with van der Waals surface area (Å²) < 4.78 is 5.53. The first-order valence-corrected chi connectivity index (χ1v) is 16.4. The molecule has 0 aliphatic carbocycles. The average molecular weight is 576 g/mol. The fourth-order valence-corrected chi connectivity index (χ4v) is 5.17. The van der Waals surface area contributed by atoms with Gasteiger partial charge in [0.15, 0.2) is 0 Å². The van der Waals surface area contributed by atoms with Gasteiger partial charge in [0.05, 0.1) is 13.2 Å². The van der Waals surface area contributed by atoms with Crippen LogP contribution in [0, 0.1) is 0 Å². The van der Waals surface area contributed by atoms with Gasteiger partial charge in [-0.05, 0) is 26.8 Å². The van der Waals surface area contributed by atoms with Crippen LogP contribution in [0.25, 0.3) is 0 Å².